The van der Waals surface area contributed by atoms with Gasteiger partial charge in [0.2, 0.25) is 0 Å². The average Bonchev–Trinajstić information content (AvgIpc) is 3.30. The predicted octanol–water partition coefficient (Wildman–Crippen LogP) is 3.49. The van der Waals surface area contributed by atoms with Gasteiger partial charge in [-0.15, -0.1) is 24.0 Å². The van der Waals surface area contributed by atoms with Crippen LogP contribution >= 0.6 is 24.0 Å². The Morgan fingerprint density at radius 3 is 2.45 bits per heavy atom. The van der Waals surface area contributed by atoms with Crippen molar-refractivity contribution in [1.29, 1.82) is 0 Å². The molecule has 3 nitrogen and oxygen atoms in total. The topological polar surface area (TPSA) is 27.6 Å². The highest BCUT2D eigenvalue weighted by Crippen LogP contribution is 2.60. The van der Waals surface area contributed by atoms with Gasteiger partial charge in [0.25, 0.3) is 0 Å². The molecule has 1 saturated heterocycles. The normalized spacial score (nSPS) is 31.9. The summed E-state index contributed by atoms with van der Waals surface area (Å²) in [5, 5.41) is 3.67. The number of halogens is 1. The van der Waals surface area contributed by atoms with Crippen LogP contribution in [0.1, 0.15) is 52.4 Å². The van der Waals surface area contributed by atoms with Crippen LogP contribution in [0, 0.1) is 16.7 Å². The number of hydrogen-bond acceptors (Lipinski definition) is 1. The molecule has 1 N–H and O–H groups in total. The molecule has 2 saturated carbocycles. The van der Waals surface area contributed by atoms with Crippen LogP contribution in [0.25, 0.3) is 0 Å². The van der Waals surface area contributed by atoms with E-state index >= 15 is 0 Å². The van der Waals surface area contributed by atoms with E-state index in [1.807, 2.05) is 7.05 Å². The second-order valence-electron chi connectivity index (χ2n) is 7.37. The zero-order chi connectivity index (χ0) is 13.5. The SMILES string of the molecule is CCC1(C)CCN(C(=NC)NCC2(C3CC3)CC2)C1.I. The van der Waals surface area contributed by atoms with Crippen LogP contribution in [0.2, 0.25) is 0 Å². The van der Waals surface area contributed by atoms with Gasteiger partial charge in [-0.2, -0.15) is 0 Å². The summed E-state index contributed by atoms with van der Waals surface area (Å²) in [5.74, 6) is 2.17. The van der Waals surface area contributed by atoms with Crippen LogP contribution in [0.3, 0.4) is 0 Å². The summed E-state index contributed by atoms with van der Waals surface area (Å²) in [4.78, 5) is 6.98. The Kier molecular flexibility index (Phi) is 4.92. The van der Waals surface area contributed by atoms with Crippen molar-refractivity contribution in [3.63, 3.8) is 0 Å². The van der Waals surface area contributed by atoms with Crippen LogP contribution < -0.4 is 5.32 Å². The smallest absolute Gasteiger partial charge is 0.193 e. The molecule has 1 atom stereocenters. The summed E-state index contributed by atoms with van der Waals surface area (Å²) in [6.07, 6.45) is 8.39. The number of likely N-dealkylation sites (tertiary alicyclic amines) is 1. The van der Waals surface area contributed by atoms with Crippen LogP contribution in [0.5, 0.6) is 0 Å². The van der Waals surface area contributed by atoms with Gasteiger partial charge < -0.3 is 10.2 Å². The van der Waals surface area contributed by atoms with Crippen LogP contribution in [-0.4, -0.2) is 37.5 Å². The second-order valence-corrected chi connectivity index (χ2v) is 7.37. The Labute approximate surface area is 141 Å². The fourth-order valence-electron chi connectivity index (χ4n) is 3.67. The molecular weight excluding hydrogens is 361 g/mol. The molecule has 116 valence electrons. The van der Waals surface area contributed by atoms with Gasteiger partial charge in [-0.3, -0.25) is 4.99 Å². The number of rotatable bonds is 4. The minimum atomic E-state index is 0. The maximum Gasteiger partial charge on any atom is 0.193 e. The molecule has 0 amide bonds. The van der Waals surface area contributed by atoms with Crippen LogP contribution in [-0.2, 0) is 0 Å². The lowest BCUT2D eigenvalue weighted by Crippen LogP contribution is -2.43. The van der Waals surface area contributed by atoms with Gasteiger partial charge in [-0.25, -0.2) is 0 Å². The molecule has 1 unspecified atom stereocenters. The molecule has 0 aromatic heterocycles. The molecule has 0 spiro atoms. The monoisotopic (exact) mass is 391 g/mol. The lowest BCUT2D eigenvalue weighted by molar-refractivity contribution is 0.320. The van der Waals surface area contributed by atoms with E-state index in [1.54, 1.807) is 0 Å². The van der Waals surface area contributed by atoms with Crippen molar-refractivity contribution in [2.75, 3.05) is 26.7 Å². The van der Waals surface area contributed by atoms with E-state index in [1.165, 1.54) is 51.6 Å². The van der Waals surface area contributed by atoms with Gasteiger partial charge in [-0.05, 0) is 55.3 Å². The summed E-state index contributed by atoms with van der Waals surface area (Å²) in [7, 11) is 1.93. The van der Waals surface area contributed by atoms with Crippen LogP contribution in [0.15, 0.2) is 4.99 Å². The molecule has 0 radical (unpaired) electrons. The lowest BCUT2D eigenvalue weighted by atomic mass is 9.87. The van der Waals surface area contributed by atoms with Crippen molar-refractivity contribution in [2.24, 2.45) is 21.7 Å². The quantitative estimate of drug-likeness (QED) is 0.451. The molecule has 20 heavy (non-hydrogen) atoms. The van der Waals surface area contributed by atoms with Crippen molar-refractivity contribution in [2.45, 2.75) is 52.4 Å². The number of nitrogens with zero attached hydrogens (tertiary/aromatic N) is 2. The van der Waals surface area contributed by atoms with E-state index in [0.717, 1.165) is 18.4 Å². The summed E-state index contributed by atoms with van der Waals surface area (Å²) in [6.45, 7) is 8.21. The van der Waals surface area contributed by atoms with Gasteiger partial charge in [0.1, 0.15) is 0 Å². The van der Waals surface area contributed by atoms with Crippen molar-refractivity contribution >= 4 is 29.9 Å². The Bertz CT molecular complexity index is 374. The van der Waals surface area contributed by atoms with Gasteiger partial charge in [0.15, 0.2) is 5.96 Å². The Balaban J connectivity index is 0.00000147. The zero-order valence-electron chi connectivity index (χ0n) is 13.2. The molecule has 1 aliphatic heterocycles. The van der Waals surface area contributed by atoms with E-state index in [4.69, 9.17) is 0 Å². The Morgan fingerprint density at radius 1 is 1.30 bits per heavy atom. The minimum Gasteiger partial charge on any atom is -0.356 e. The van der Waals surface area contributed by atoms with E-state index in [9.17, 15) is 0 Å². The first-order valence-corrected chi connectivity index (χ1v) is 8.06. The Hall–Kier alpha value is 0. The third-order valence-corrected chi connectivity index (χ3v) is 5.86. The second kappa shape index (κ2) is 6.01. The highest BCUT2D eigenvalue weighted by molar-refractivity contribution is 14.0. The van der Waals surface area contributed by atoms with Gasteiger partial charge in [0.05, 0.1) is 0 Å². The highest BCUT2D eigenvalue weighted by Gasteiger charge is 2.53. The fourth-order valence-corrected chi connectivity index (χ4v) is 3.67. The molecule has 1 heterocycles. The standard InChI is InChI=1S/C16H29N3.HI/c1-4-15(2)9-10-19(12-15)14(17-3)18-11-16(7-8-16)13-5-6-13;/h13H,4-12H2,1-3H3,(H,17,18);1H. The maximum absolute atomic E-state index is 4.51. The third-order valence-electron chi connectivity index (χ3n) is 5.86. The number of hydrogen-bond donors (Lipinski definition) is 1. The molecule has 0 aromatic carbocycles. The van der Waals surface area contributed by atoms with Crippen molar-refractivity contribution in [1.82, 2.24) is 10.2 Å². The molecule has 3 rings (SSSR count). The van der Waals surface area contributed by atoms with Gasteiger partial charge in [-0.1, -0.05) is 13.8 Å². The van der Waals surface area contributed by atoms with Crippen LogP contribution in [0.4, 0.5) is 0 Å². The average molecular weight is 391 g/mol. The first-order chi connectivity index (χ1) is 9.11. The molecule has 3 aliphatic rings. The van der Waals surface area contributed by atoms with Gasteiger partial charge >= 0.3 is 0 Å². The van der Waals surface area contributed by atoms with Crippen molar-refractivity contribution < 1.29 is 0 Å². The maximum atomic E-state index is 4.51. The van der Waals surface area contributed by atoms with E-state index in [2.05, 4.69) is 29.1 Å². The number of nitrogens with one attached hydrogen (secondary N) is 1. The number of guanidine groups is 1. The molecular formula is C16H30IN3. The highest BCUT2D eigenvalue weighted by atomic mass is 127. The van der Waals surface area contributed by atoms with Gasteiger partial charge in [0, 0.05) is 26.7 Å². The number of aliphatic imine (C=N–C) groups is 1. The summed E-state index contributed by atoms with van der Waals surface area (Å²) in [6, 6.07) is 0. The molecule has 4 heteroatoms. The first kappa shape index (κ1) is 16.4. The molecule has 0 bridgehead atoms. The third kappa shape index (κ3) is 3.25. The summed E-state index contributed by atoms with van der Waals surface area (Å²) in [5.41, 5.74) is 1.15. The molecule has 3 fully saturated rings. The van der Waals surface area contributed by atoms with E-state index in [0.29, 0.717) is 10.8 Å². The summed E-state index contributed by atoms with van der Waals surface area (Å²) >= 11 is 0. The van der Waals surface area contributed by atoms with E-state index in [-0.39, 0.29) is 24.0 Å². The largest absolute Gasteiger partial charge is 0.356 e. The fraction of sp³-hybridized carbons (Fsp3) is 0.938. The minimum absolute atomic E-state index is 0. The van der Waals surface area contributed by atoms with E-state index < -0.39 is 0 Å². The zero-order valence-corrected chi connectivity index (χ0v) is 15.6. The Morgan fingerprint density at radius 2 is 2.00 bits per heavy atom. The summed E-state index contributed by atoms with van der Waals surface area (Å²) < 4.78 is 0. The molecule has 0 aromatic rings. The predicted molar refractivity (Wildman–Crippen MR) is 95.8 cm³/mol. The first-order valence-electron chi connectivity index (χ1n) is 8.06. The molecule has 2 aliphatic carbocycles. The lowest BCUT2D eigenvalue weighted by Gasteiger charge is -2.26. The van der Waals surface area contributed by atoms with Crippen molar-refractivity contribution in [3.05, 3.63) is 0 Å². The van der Waals surface area contributed by atoms with Crippen molar-refractivity contribution in [3.8, 4) is 0 Å².